The summed E-state index contributed by atoms with van der Waals surface area (Å²) in [5.41, 5.74) is 1.19. The van der Waals surface area contributed by atoms with Crippen molar-refractivity contribution in [3.63, 3.8) is 0 Å². The van der Waals surface area contributed by atoms with Crippen LogP contribution in [0.3, 0.4) is 0 Å². The number of aromatic nitrogens is 1. The number of thiazole rings is 1. The number of hydrogen-bond acceptors (Lipinski definition) is 4. The zero-order valence-electron chi connectivity index (χ0n) is 14.6. The topological polar surface area (TPSA) is 69.6 Å². The Morgan fingerprint density at radius 2 is 2.00 bits per heavy atom. The van der Waals surface area contributed by atoms with Crippen molar-refractivity contribution in [3.05, 3.63) is 15.6 Å². The third kappa shape index (κ3) is 7.96. The number of aliphatic imine (C=N–C) groups is 1. The third-order valence-electron chi connectivity index (χ3n) is 3.12. The standard InChI is InChI=1S/C15H27N5OS.HI/c1-6-12-11(3)22-13(19-12)8-9-17-15(16-7-2)18-10-14(21)20(4)5;/h6-10H2,1-5H3,(H2,16,17,18);1H. The number of rotatable bonds is 7. The van der Waals surface area contributed by atoms with E-state index in [-0.39, 0.29) is 36.4 Å². The SMILES string of the molecule is CCNC(=NCC(=O)N(C)C)NCCc1nc(CC)c(C)s1.I. The van der Waals surface area contributed by atoms with Crippen LogP contribution >= 0.6 is 35.3 Å². The first-order chi connectivity index (χ1) is 10.5. The molecule has 0 fully saturated rings. The Kier molecular flexibility index (Phi) is 11.2. The normalized spacial score (nSPS) is 10.9. The van der Waals surface area contributed by atoms with Crippen LogP contribution in [0, 0.1) is 6.92 Å². The number of carbonyl (C=O) groups excluding carboxylic acids is 1. The van der Waals surface area contributed by atoms with Gasteiger partial charge in [0.05, 0.1) is 10.7 Å². The highest BCUT2D eigenvalue weighted by atomic mass is 127. The molecule has 0 spiro atoms. The summed E-state index contributed by atoms with van der Waals surface area (Å²) >= 11 is 1.75. The molecule has 0 bridgehead atoms. The summed E-state index contributed by atoms with van der Waals surface area (Å²) in [6.45, 7) is 7.91. The van der Waals surface area contributed by atoms with E-state index >= 15 is 0 Å². The second kappa shape index (κ2) is 11.6. The second-order valence-corrected chi connectivity index (χ2v) is 6.41. The minimum absolute atomic E-state index is 0. The predicted octanol–water partition coefficient (Wildman–Crippen LogP) is 1.82. The van der Waals surface area contributed by atoms with Gasteiger partial charge in [-0.15, -0.1) is 35.3 Å². The Bertz CT molecular complexity index is 516. The molecule has 0 atom stereocenters. The lowest BCUT2D eigenvalue weighted by molar-refractivity contribution is -0.127. The van der Waals surface area contributed by atoms with Crippen molar-refractivity contribution in [3.8, 4) is 0 Å². The number of halogens is 1. The smallest absolute Gasteiger partial charge is 0.243 e. The van der Waals surface area contributed by atoms with E-state index in [9.17, 15) is 4.79 Å². The Labute approximate surface area is 160 Å². The fraction of sp³-hybridized carbons (Fsp3) is 0.667. The Hall–Kier alpha value is -0.900. The van der Waals surface area contributed by atoms with Crippen LogP contribution < -0.4 is 10.6 Å². The monoisotopic (exact) mass is 453 g/mol. The lowest BCUT2D eigenvalue weighted by Crippen LogP contribution is -2.39. The van der Waals surface area contributed by atoms with Crippen LogP contribution in [0.4, 0.5) is 0 Å². The first kappa shape index (κ1) is 22.1. The highest BCUT2D eigenvalue weighted by Gasteiger charge is 2.07. The molecule has 8 heteroatoms. The number of nitrogens with one attached hydrogen (secondary N) is 2. The van der Waals surface area contributed by atoms with Gasteiger partial charge in [-0.2, -0.15) is 0 Å². The molecule has 1 aromatic rings. The maximum Gasteiger partial charge on any atom is 0.243 e. The van der Waals surface area contributed by atoms with Gasteiger partial charge in [0, 0.05) is 38.5 Å². The van der Waals surface area contributed by atoms with Crippen LogP contribution in [-0.2, 0) is 17.6 Å². The number of aryl methyl sites for hydroxylation is 2. The van der Waals surface area contributed by atoms with Crippen LogP contribution in [0.1, 0.15) is 29.4 Å². The fourth-order valence-electron chi connectivity index (χ4n) is 1.84. The third-order valence-corrected chi connectivity index (χ3v) is 4.19. The van der Waals surface area contributed by atoms with E-state index in [1.807, 2.05) is 6.92 Å². The van der Waals surface area contributed by atoms with E-state index in [1.54, 1.807) is 25.4 Å². The number of carbonyl (C=O) groups is 1. The van der Waals surface area contributed by atoms with Gasteiger partial charge in [-0.3, -0.25) is 4.79 Å². The van der Waals surface area contributed by atoms with Crippen molar-refractivity contribution in [2.24, 2.45) is 4.99 Å². The van der Waals surface area contributed by atoms with Crippen LogP contribution in [0.25, 0.3) is 0 Å². The molecule has 0 unspecified atom stereocenters. The summed E-state index contributed by atoms with van der Waals surface area (Å²) in [5.74, 6) is 0.655. The molecule has 0 saturated heterocycles. The first-order valence-corrected chi connectivity index (χ1v) is 8.47. The van der Waals surface area contributed by atoms with Crippen molar-refractivity contribution < 1.29 is 4.79 Å². The highest BCUT2D eigenvalue weighted by molar-refractivity contribution is 14.0. The molecule has 0 saturated carbocycles. The van der Waals surface area contributed by atoms with E-state index in [0.29, 0.717) is 5.96 Å². The largest absolute Gasteiger partial charge is 0.357 e. The zero-order valence-corrected chi connectivity index (χ0v) is 17.7. The first-order valence-electron chi connectivity index (χ1n) is 7.65. The van der Waals surface area contributed by atoms with Gasteiger partial charge < -0.3 is 15.5 Å². The van der Waals surface area contributed by atoms with Gasteiger partial charge in [-0.05, 0) is 20.3 Å². The summed E-state index contributed by atoms with van der Waals surface area (Å²) in [7, 11) is 3.46. The second-order valence-electron chi connectivity index (χ2n) is 5.12. The molecule has 23 heavy (non-hydrogen) atoms. The summed E-state index contributed by atoms with van der Waals surface area (Å²) in [6.07, 6.45) is 1.84. The molecule has 2 N–H and O–H groups in total. The molecule has 1 rings (SSSR count). The van der Waals surface area contributed by atoms with E-state index in [4.69, 9.17) is 0 Å². The molecular weight excluding hydrogens is 425 g/mol. The molecule has 6 nitrogen and oxygen atoms in total. The molecular formula is C15H28IN5OS. The molecule has 1 amide bonds. The van der Waals surface area contributed by atoms with E-state index in [0.717, 1.165) is 30.9 Å². The van der Waals surface area contributed by atoms with E-state index in [2.05, 4.69) is 34.5 Å². The molecule has 132 valence electrons. The van der Waals surface area contributed by atoms with E-state index in [1.165, 1.54) is 15.5 Å². The Balaban J connectivity index is 0.00000484. The van der Waals surface area contributed by atoms with Crippen molar-refractivity contribution in [2.75, 3.05) is 33.7 Å². The lowest BCUT2D eigenvalue weighted by Gasteiger charge is -2.12. The van der Waals surface area contributed by atoms with Crippen LogP contribution in [0.2, 0.25) is 0 Å². The van der Waals surface area contributed by atoms with Crippen LogP contribution in [0.15, 0.2) is 4.99 Å². The minimum Gasteiger partial charge on any atom is -0.357 e. The van der Waals surface area contributed by atoms with Crippen molar-refractivity contribution in [1.29, 1.82) is 0 Å². The molecule has 0 radical (unpaired) electrons. The van der Waals surface area contributed by atoms with Gasteiger partial charge in [-0.25, -0.2) is 9.98 Å². The fourth-order valence-corrected chi connectivity index (χ4v) is 2.86. The molecule has 0 aliphatic rings. The minimum atomic E-state index is -0.0136. The predicted molar refractivity (Wildman–Crippen MR) is 108 cm³/mol. The average molecular weight is 453 g/mol. The summed E-state index contributed by atoms with van der Waals surface area (Å²) in [4.78, 5) is 23.3. The number of nitrogens with zero attached hydrogens (tertiary/aromatic N) is 3. The van der Waals surface area contributed by atoms with Crippen LogP contribution in [-0.4, -0.2) is 55.5 Å². The summed E-state index contributed by atoms with van der Waals surface area (Å²) < 4.78 is 0. The van der Waals surface area contributed by atoms with Gasteiger partial charge in [0.1, 0.15) is 6.54 Å². The zero-order chi connectivity index (χ0) is 16.5. The Morgan fingerprint density at radius 1 is 1.30 bits per heavy atom. The van der Waals surface area contributed by atoms with Crippen molar-refractivity contribution in [1.82, 2.24) is 20.5 Å². The highest BCUT2D eigenvalue weighted by Crippen LogP contribution is 2.17. The molecule has 1 heterocycles. The molecule has 0 aliphatic heterocycles. The summed E-state index contributed by atoms with van der Waals surface area (Å²) in [5, 5.41) is 7.53. The molecule has 0 aromatic carbocycles. The van der Waals surface area contributed by atoms with E-state index < -0.39 is 0 Å². The van der Waals surface area contributed by atoms with Crippen molar-refractivity contribution >= 4 is 47.2 Å². The Morgan fingerprint density at radius 3 is 2.52 bits per heavy atom. The van der Waals surface area contributed by atoms with Crippen molar-refractivity contribution in [2.45, 2.75) is 33.6 Å². The maximum atomic E-state index is 11.6. The number of amides is 1. The van der Waals surface area contributed by atoms with Gasteiger partial charge in [0.25, 0.3) is 0 Å². The quantitative estimate of drug-likeness (QED) is 0.376. The van der Waals surface area contributed by atoms with Gasteiger partial charge in [0.15, 0.2) is 5.96 Å². The van der Waals surface area contributed by atoms with Crippen LogP contribution in [0.5, 0.6) is 0 Å². The number of hydrogen-bond donors (Lipinski definition) is 2. The lowest BCUT2D eigenvalue weighted by atomic mass is 10.3. The average Bonchev–Trinajstić information content (AvgIpc) is 2.84. The number of likely N-dealkylation sites (N-methyl/N-ethyl adjacent to an activating group) is 1. The van der Waals surface area contributed by atoms with Gasteiger partial charge >= 0.3 is 0 Å². The molecule has 0 aliphatic carbocycles. The van der Waals surface area contributed by atoms with Gasteiger partial charge in [-0.1, -0.05) is 6.92 Å². The number of guanidine groups is 1. The van der Waals surface area contributed by atoms with Gasteiger partial charge in [0.2, 0.25) is 5.91 Å². The maximum absolute atomic E-state index is 11.6. The summed E-state index contributed by atoms with van der Waals surface area (Å²) in [6, 6.07) is 0. The molecule has 1 aromatic heterocycles.